The third-order valence-corrected chi connectivity index (χ3v) is 6.13. The smallest absolute Gasteiger partial charge is 0.254 e. The maximum Gasteiger partial charge on any atom is 0.254 e. The van der Waals surface area contributed by atoms with Crippen LogP contribution in [0, 0.1) is 11.3 Å². The van der Waals surface area contributed by atoms with Crippen LogP contribution in [0.2, 0.25) is 0 Å². The van der Waals surface area contributed by atoms with E-state index < -0.39 is 0 Å². The Labute approximate surface area is 198 Å². The minimum absolute atomic E-state index is 0.0333. The molecular weight excluding hydrogens is 426 g/mol. The van der Waals surface area contributed by atoms with Gasteiger partial charge in [0.1, 0.15) is 11.9 Å². The summed E-state index contributed by atoms with van der Waals surface area (Å²) in [5, 5.41) is 14.7. The molecule has 4 heterocycles. The molecule has 34 heavy (non-hydrogen) atoms. The molecule has 1 fully saturated rings. The highest BCUT2D eigenvalue weighted by Crippen LogP contribution is 2.28. The van der Waals surface area contributed by atoms with Gasteiger partial charge in [-0.3, -0.25) is 4.79 Å². The first-order valence-corrected chi connectivity index (χ1v) is 11.4. The molecule has 8 nitrogen and oxygen atoms in total. The number of nitrogens with zero attached hydrogens (tertiary/aromatic N) is 7. The highest BCUT2D eigenvalue weighted by Gasteiger charge is 2.27. The van der Waals surface area contributed by atoms with Gasteiger partial charge in [0, 0.05) is 44.0 Å². The maximum absolute atomic E-state index is 13.7. The molecule has 0 unspecified atom stereocenters. The number of aromatic nitrogens is 4. The van der Waals surface area contributed by atoms with Crippen LogP contribution < -0.4 is 4.90 Å². The van der Waals surface area contributed by atoms with Crippen molar-refractivity contribution in [2.24, 2.45) is 0 Å². The lowest BCUT2D eigenvalue weighted by molar-refractivity contribution is 0.0748. The largest absolute Gasteiger partial charge is 0.352 e. The summed E-state index contributed by atoms with van der Waals surface area (Å²) in [6.45, 7) is 6.42. The Morgan fingerprint density at radius 3 is 2.53 bits per heavy atom. The van der Waals surface area contributed by atoms with Crippen molar-refractivity contribution in [2.75, 3.05) is 31.1 Å². The normalized spacial score (nSPS) is 13.9. The van der Waals surface area contributed by atoms with E-state index in [0.717, 1.165) is 16.6 Å². The molecule has 1 saturated heterocycles. The van der Waals surface area contributed by atoms with E-state index in [-0.39, 0.29) is 11.9 Å². The predicted molar refractivity (Wildman–Crippen MR) is 130 cm³/mol. The molecule has 0 radical (unpaired) electrons. The van der Waals surface area contributed by atoms with E-state index in [2.05, 4.69) is 34.9 Å². The third-order valence-electron chi connectivity index (χ3n) is 6.13. The summed E-state index contributed by atoms with van der Waals surface area (Å²) in [7, 11) is 0. The Morgan fingerprint density at radius 2 is 1.82 bits per heavy atom. The molecule has 1 aromatic carbocycles. The van der Waals surface area contributed by atoms with Crippen LogP contribution >= 0.6 is 0 Å². The minimum Gasteiger partial charge on any atom is -0.352 e. The Morgan fingerprint density at radius 1 is 1.06 bits per heavy atom. The molecule has 0 aliphatic carbocycles. The summed E-state index contributed by atoms with van der Waals surface area (Å²) in [5.74, 6) is 0.641. The first-order valence-electron chi connectivity index (χ1n) is 11.4. The van der Waals surface area contributed by atoms with Crippen LogP contribution in [0.5, 0.6) is 0 Å². The average Bonchev–Trinajstić information content (AvgIpc) is 3.33. The zero-order chi connectivity index (χ0) is 23.7. The van der Waals surface area contributed by atoms with Crippen molar-refractivity contribution in [3.05, 3.63) is 72.1 Å². The van der Waals surface area contributed by atoms with Gasteiger partial charge >= 0.3 is 0 Å². The van der Waals surface area contributed by atoms with E-state index >= 15 is 0 Å². The van der Waals surface area contributed by atoms with Crippen LogP contribution in [-0.2, 0) is 0 Å². The second-order valence-corrected chi connectivity index (χ2v) is 8.61. The zero-order valence-corrected chi connectivity index (χ0v) is 19.2. The number of piperazine rings is 1. The standard InChI is InChI=1S/C26H25N7O/c1-18(2)33-25-22(17-29-33)21(15-23(30-25)19-7-4-3-5-8-19)26(34)32-13-11-31(12-14-32)24-20(16-27)9-6-10-28-24/h3-10,15,17-18H,11-14H2,1-2H3. The lowest BCUT2D eigenvalue weighted by Crippen LogP contribution is -2.49. The number of amides is 1. The van der Waals surface area contributed by atoms with Crippen LogP contribution in [0.4, 0.5) is 5.82 Å². The van der Waals surface area contributed by atoms with Crippen molar-refractivity contribution in [1.29, 1.82) is 5.26 Å². The molecule has 8 heteroatoms. The molecule has 0 saturated carbocycles. The fourth-order valence-electron chi connectivity index (χ4n) is 4.36. The SMILES string of the molecule is CC(C)n1ncc2c(C(=O)N3CCN(c4ncccc4C#N)CC3)cc(-c3ccccc3)nc21. The van der Waals surface area contributed by atoms with Gasteiger partial charge in [0.05, 0.1) is 28.4 Å². The van der Waals surface area contributed by atoms with Crippen molar-refractivity contribution in [1.82, 2.24) is 24.6 Å². The van der Waals surface area contributed by atoms with Gasteiger partial charge in [-0.15, -0.1) is 0 Å². The van der Waals surface area contributed by atoms with Gasteiger partial charge in [-0.05, 0) is 32.0 Å². The quantitative estimate of drug-likeness (QED) is 0.467. The number of fused-ring (bicyclic) bond motifs is 1. The van der Waals surface area contributed by atoms with Gasteiger partial charge in [0.2, 0.25) is 0 Å². The topological polar surface area (TPSA) is 90.9 Å². The number of carbonyl (C=O) groups is 1. The number of benzene rings is 1. The number of rotatable bonds is 4. The van der Waals surface area contributed by atoms with Crippen LogP contribution in [0.15, 0.2) is 60.9 Å². The van der Waals surface area contributed by atoms with Crippen molar-refractivity contribution >= 4 is 22.8 Å². The van der Waals surface area contributed by atoms with Crippen molar-refractivity contribution in [3.63, 3.8) is 0 Å². The number of carbonyl (C=O) groups excluding carboxylic acids is 1. The second kappa shape index (κ2) is 8.94. The number of nitriles is 1. The summed E-state index contributed by atoms with van der Waals surface area (Å²) in [5.41, 5.74) is 3.58. The molecule has 1 aliphatic rings. The lowest BCUT2D eigenvalue weighted by atomic mass is 10.1. The monoisotopic (exact) mass is 451 g/mol. The Kier molecular flexibility index (Phi) is 5.68. The van der Waals surface area contributed by atoms with E-state index in [0.29, 0.717) is 48.8 Å². The molecule has 5 rings (SSSR count). The van der Waals surface area contributed by atoms with Gasteiger partial charge < -0.3 is 9.80 Å². The fourth-order valence-corrected chi connectivity index (χ4v) is 4.36. The molecule has 4 aromatic rings. The molecule has 0 spiro atoms. The van der Waals surface area contributed by atoms with E-state index in [1.807, 2.05) is 46.0 Å². The molecule has 170 valence electrons. The summed E-state index contributed by atoms with van der Waals surface area (Å²) in [6, 6.07) is 17.6. The fraction of sp³-hybridized carbons (Fsp3) is 0.269. The van der Waals surface area contributed by atoms with Crippen molar-refractivity contribution in [3.8, 4) is 17.3 Å². The van der Waals surface area contributed by atoms with Crippen LogP contribution in [0.25, 0.3) is 22.3 Å². The maximum atomic E-state index is 13.7. The van der Waals surface area contributed by atoms with Gasteiger partial charge in [-0.25, -0.2) is 14.6 Å². The molecule has 1 amide bonds. The summed E-state index contributed by atoms with van der Waals surface area (Å²) in [4.78, 5) is 26.9. The zero-order valence-electron chi connectivity index (χ0n) is 19.2. The third kappa shape index (κ3) is 3.86. The van der Waals surface area contributed by atoms with Gasteiger partial charge in [-0.1, -0.05) is 30.3 Å². The Balaban J connectivity index is 1.47. The number of hydrogen-bond donors (Lipinski definition) is 0. The first-order chi connectivity index (χ1) is 16.6. The number of pyridine rings is 2. The van der Waals surface area contributed by atoms with Crippen LogP contribution in [-0.4, -0.2) is 56.7 Å². The molecule has 1 aliphatic heterocycles. The van der Waals surface area contributed by atoms with Gasteiger partial charge in [0.25, 0.3) is 5.91 Å². The number of hydrogen-bond acceptors (Lipinski definition) is 6. The van der Waals surface area contributed by atoms with Crippen LogP contribution in [0.1, 0.15) is 35.8 Å². The second-order valence-electron chi connectivity index (χ2n) is 8.61. The summed E-state index contributed by atoms with van der Waals surface area (Å²) in [6.07, 6.45) is 3.44. The molecular formula is C26H25N7O. The Bertz CT molecular complexity index is 1380. The van der Waals surface area contributed by atoms with Crippen molar-refractivity contribution < 1.29 is 4.79 Å². The first kappa shape index (κ1) is 21.6. The molecule has 0 bridgehead atoms. The van der Waals surface area contributed by atoms with Gasteiger partial charge in [0.15, 0.2) is 5.65 Å². The van der Waals surface area contributed by atoms with E-state index in [1.54, 1.807) is 24.5 Å². The molecule has 0 N–H and O–H groups in total. The molecule has 3 aromatic heterocycles. The molecule has 0 atom stereocenters. The summed E-state index contributed by atoms with van der Waals surface area (Å²) >= 11 is 0. The number of anilines is 1. The van der Waals surface area contributed by atoms with E-state index in [4.69, 9.17) is 4.98 Å². The van der Waals surface area contributed by atoms with E-state index in [9.17, 15) is 10.1 Å². The average molecular weight is 452 g/mol. The lowest BCUT2D eigenvalue weighted by Gasteiger charge is -2.35. The predicted octanol–water partition coefficient (Wildman–Crippen LogP) is 3.91. The van der Waals surface area contributed by atoms with Gasteiger partial charge in [-0.2, -0.15) is 10.4 Å². The highest BCUT2D eigenvalue weighted by atomic mass is 16.2. The Hall–Kier alpha value is -4.25. The van der Waals surface area contributed by atoms with Crippen LogP contribution in [0.3, 0.4) is 0 Å². The minimum atomic E-state index is -0.0333. The van der Waals surface area contributed by atoms with E-state index in [1.165, 1.54) is 0 Å². The summed E-state index contributed by atoms with van der Waals surface area (Å²) < 4.78 is 1.86. The highest BCUT2D eigenvalue weighted by molar-refractivity contribution is 6.06. The van der Waals surface area contributed by atoms with Crippen molar-refractivity contribution in [2.45, 2.75) is 19.9 Å².